The Morgan fingerprint density at radius 2 is 2.05 bits per heavy atom. The van der Waals surface area contributed by atoms with E-state index in [1.807, 2.05) is 0 Å². The number of hydrogen-bond acceptors (Lipinski definition) is 2. The van der Waals surface area contributed by atoms with E-state index in [-0.39, 0.29) is 30.2 Å². The Kier molecular flexibility index (Phi) is 5.81. The van der Waals surface area contributed by atoms with Crippen molar-refractivity contribution in [1.82, 2.24) is 10.2 Å². The minimum absolute atomic E-state index is 0. The van der Waals surface area contributed by atoms with Crippen molar-refractivity contribution in [3.05, 3.63) is 35.6 Å². The lowest BCUT2D eigenvalue weighted by Crippen LogP contribution is -2.43. The Morgan fingerprint density at radius 3 is 2.77 bits per heavy atom. The number of hydrogen-bond donors (Lipinski definition) is 1. The highest BCUT2D eigenvalue weighted by molar-refractivity contribution is 5.85. The second-order valence-corrected chi connectivity index (χ2v) is 6.39. The van der Waals surface area contributed by atoms with Crippen LogP contribution < -0.4 is 5.32 Å². The van der Waals surface area contributed by atoms with Crippen LogP contribution in [0.25, 0.3) is 0 Å². The van der Waals surface area contributed by atoms with Crippen molar-refractivity contribution in [1.29, 1.82) is 0 Å². The Balaban J connectivity index is 0.00000176. The first-order chi connectivity index (χ1) is 10.1. The summed E-state index contributed by atoms with van der Waals surface area (Å²) in [5.74, 6) is 0.493. The Hall–Kier alpha value is -1.13. The second kappa shape index (κ2) is 7.42. The number of carbonyl (C=O) groups excluding carboxylic acids is 1. The summed E-state index contributed by atoms with van der Waals surface area (Å²) in [6.07, 6.45) is 5.91. The predicted molar refractivity (Wildman–Crippen MR) is 87.4 cm³/mol. The molecule has 2 fully saturated rings. The first kappa shape index (κ1) is 17.2. The molecular weight excluding hydrogens is 303 g/mol. The fraction of sp³-hybridized carbons (Fsp3) is 0.588. The standard InChI is InChI=1S/C17H23FN2O.ClH/c1-20(11-13-7-2-4-8-14(13)18)17(21)16-10-12-6-3-5-9-15(12)19-16;/h2,4,7-8,12,15-16,19H,3,5-6,9-11H2,1H3;1H. The summed E-state index contributed by atoms with van der Waals surface area (Å²) in [5.41, 5.74) is 0.573. The summed E-state index contributed by atoms with van der Waals surface area (Å²) < 4.78 is 13.7. The van der Waals surface area contributed by atoms with Gasteiger partial charge in [-0.05, 0) is 31.2 Å². The van der Waals surface area contributed by atoms with E-state index in [4.69, 9.17) is 0 Å². The summed E-state index contributed by atoms with van der Waals surface area (Å²) >= 11 is 0. The molecule has 1 N–H and O–H groups in total. The molecule has 1 aliphatic heterocycles. The van der Waals surface area contributed by atoms with Crippen molar-refractivity contribution in [2.75, 3.05) is 7.05 Å². The van der Waals surface area contributed by atoms with E-state index in [0.29, 0.717) is 24.1 Å². The van der Waals surface area contributed by atoms with Crippen LogP contribution in [-0.4, -0.2) is 29.9 Å². The van der Waals surface area contributed by atoms with Crippen molar-refractivity contribution < 1.29 is 9.18 Å². The van der Waals surface area contributed by atoms with E-state index >= 15 is 0 Å². The van der Waals surface area contributed by atoms with E-state index in [2.05, 4.69) is 5.32 Å². The van der Waals surface area contributed by atoms with E-state index < -0.39 is 0 Å². The zero-order valence-electron chi connectivity index (χ0n) is 12.9. The molecule has 1 heterocycles. The molecule has 1 aromatic rings. The quantitative estimate of drug-likeness (QED) is 0.925. The van der Waals surface area contributed by atoms with E-state index in [0.717, 1.165) is 6.42 Å². The normalized spacial score (nSPS) is 26.9. The molecule has 1 aromatic carbocycles. The third-order valence-electron chi connectivity index (χ3n) is 4.90. The number of amides is 1. The van der Waals surface area contributed by atoms with Crippen molar-refractivity contribution in [3.8, 4) is 0 Å². The van der Waals surface area contributed by atoms with Crippen LogP contribution in [-0.2, 0) is 11.3 Å². The Bertz CT molecular complexity index is 511. The number of rotatable bonds is 3. The number of nitrogens with one attached hydrogen (secondary N) is 1. The van der Waals surface area contributed by atoms with Gasteiger partial charge >= 0.3 is 0 Å². The van der Waals surface area contributed by atoms with Gasteiger partial charge in [-0.1, -0.05) is 31.0 Å². The number of carbonyl (C=O) groups is 1. The molecule has 122 valence electrons. The van der Waals surface area contributed by atoms with Gasteiger partial charge in [0, 0.05) is 25.2 Å². The molecule has 2 aliphatic rings. The number of fused-ring (bicyclic) bond motifs is 1. The van der Waals surface area contributed by atoms with Crippen LogP contribution in [0.3, 0.4) is 0 Å². The lowest BCUT2D eigenvalue weighted by molar-refractivity contribution is -0.132. The average Bonchev–Trinajstić information content (AvgIpc) is 2.92. The van der Waals surface area contributed by atoms with Crippen LogP contribution in [0.15, 0.2) is 24.3 Å². The molecule has 3 unspecified atom stereocenters. The van der Waals surface area contributed by atoms with Crippen molar-refractivity contribution >= 4 is 18.3 Å². The number of halogens is 2. The number of likely N-dealkylation sites (N-methyl/N-ethyl adjacent to an activating group) is 1. The highest BCUT2D eigenvalue weighted by Gasteiger charge is 2.39. The van der Waals surface area contributed by atoms with Crippen LogP contribution in [0.1, 0.15) is 37.7 Å². The van der Waals surface area contributed by atoms with Crippen LogP contribution in [0.5, 0.6) is 0 Å². The van der Waals surface area contributed by atoms with Crippen LogP contribution in [0, 0.1) is 11.7 Å². The monoisotopic (exact) mass is 326 g/mol. The third kappa shape index (κ3) is 3.61. The zero-order valence-corrected chi connectivity index (χ0v) is 13.7. The summed E-state index contributed by atoms with van der Waals surface area (Å²) in [5, 5.41) is 3.49. The molecule has 0 spiro atoms. The molecule has 3 rings (SSSR count). The molecular formula is C17H24ClFN2O. The molecule has 1 saturated carbocycles. The van der Waals surface area contributed by atoms with E-state index in [1.165, 1.54) is 31.7 Å². The van der Waals surface area contributed by atoms with Gasteiger partial charge in [0.15, 0.2) is 0 Å². The minimum atomic E-state index is -0.245. The smallest absolute Gasteiger partial charge is 0.239 e. The molecule has 5 heteroatoms. The first-order valence-electron chi connectivity index (χ1n) is 7.89. The fourth-order valence-electron chi connectivity index (χ4n) is 3.74. The maximum absolute atomic E-state index is 13.7. The lowest BCUT2D eigenvalue weighted by Gasteiger charge is -2.24. The van der Waals surface area contributed by atoms with Gasteiger partial charge in [-0.25, -0.2) is 4.39 Å². The highest BCUT2D eigenvalue weighted by atomic mass is 35.5. The highest BCUT2D eigenvalue weighted by Crippen LogP contribution is 2.33. The lowest BCUT2D eigenvalue weighted by atomic mass is 9.85. The zero-order chi connectivity index (χ0) is 14.8. The van der Waals surface area contributed by atoms with Crippen LogP contribution in [0.2, 0.25) is 0 Å². The predicted octanol–water partition coefficient (Wildman–Crippen LogP) is 3.13. The number of nitrogens with zero attached hydrogens (tertiary/aromatic N) is 1. The van der Waals surface area contributed by atoms with Crippen molar-refractivity contribution in [3.63, 3.8) is 0 Å². The maximum Gasteiger partial charge on any atom is 0.239 e. The average molecular weight is 327 g/mol. The van der Waals surface area contributed by atoms with Gasteiger partial charge < -0.3 is 10.2 Å². The maximum atomic E-state index is 13.7. The molecule has 1 saturated heterocycles. The van der Waals surface area contributed by atoms with Crippen LogP contribution >= 0.6 is 12.4 Å². The molecule has 3 nitrogen and oxygen atoms in total. The van der Waals surface area contributed by atoms with Gasteiger partial charge in [0.05, 0.1) is 6.04 Å². The summed E-state index contributed by atoms with van der Waals surface area (Å²) in [6.45, 7) is 0.332. The molecule has 0 radical (unpaired) electrons. The Morgan fingerprint density at radius 1 is 1.32 bits per heavy atom. The molecule has 0 aromatic heterocycles. The van der Waals surface area contributed by atoms with Gasteiger partial charge in [0.1, 0.15) is 5.82 Å². The van der Waals surface area contributed by atoms with Crippen molar-refractivity contribution in [2.24, 2.45) is 5.92 Å². The van der Waals surface area contributed by atoms with Gasteiger partial charge in [-0.2, -0.15) is 0 Å². The number of benzene rings is 1. The molecule has 1 aliphatic carbocycles. The summed E-state index contributed by atoms with van der Waals surface area (Å²) in [7, 11) is 1.76. The topological polar surface area (TPSA) is 32.3 Å². The SMILES string of the molecule is CN(Cc1ccccc1F)C(=O)C1CC2CCCCC2N1.Cl. The third-order valence-corrected chi connectivity index (χ3v) is 4.90. The van der Waals surface area contributed by atoms with Gasteiger partial charge in [0.25, 0.3) is 0 Å². The van der Waals surface area contributed by atoms with Gasteiger partial charge in [-0.15, -0.1) is 12.4 Å². The van der Waals surface area contributed by atoms with Crippen molar-refractivity contribution in [2.45, 2.75) is 50.7 Å². The fourth-order valence-corrected chi connectivity index (χ4v) is 3.74. The van der Waals surface area contributed by atoms with Gasteiger partial charge in [-0.3, -0.25) is 4.79 Å². The Labute approximate surface area is 137 Å². The molecule has 0 bridgehead atoms. The van der Waals surface area contributed by atoms with E-state index in [9.17, 15) is 9.18 Å². The van der Waals surface area contributed by atoms with E-state index in [1.54, 1.807) is 30.1 Å². The molecule has 22 heavy (non-hydrogen) atoms. The van der Waals surface area contributed by atoms with Crippen LogP contribution in [0.4, 0.5) is 4.39 Å². The largest absolute Gasteiger partial charge is 0.340 e. The second-order valence-electron chi connectivity index (χ2n) is 6.39. The molecule has 3 atom stereocenters. The van der Waals surface area contributed by atoms with Gasteiger partial charge in [0.2, 0.25) is 5.91 Å². The minimum Gasteiger partial charge on any atom is -0.340 e. The first-order valence-corrected chi connectivity index (χ1v) is 7.89. The summed E-state index contributed by atoms with van der Waals surface area (Å²) in [6, 6.07) is 7.07. The summed E-state index contributed by atoms with van der Waals surface area (Å²) in [4.78, 5) is 14.2. The molecule has 1 amide bonds.